The van der Waals surface area contributed by atoms with Crippen molar-refractivity contribution in [3.8, 4) is 0 Å². The zero-order valence-corrected chi connectivity index (χ0v) is 25.1. The van der Waals surface area contributed by atoms with E-state index in [0.717, 1.165) is 73.1 Å². The third-order valence-electron chi connectivity index (χ3n) is 5.82. The van der Waals surface area contributed by atoms with Gasteiger partial charge in [-0.05, 0) is 75.4 Å². The minimum absolute atomic E-state index is 0.102. The number of amides is 1. The van der Waals surface area contributed by atoms with Crippen LogP contribution in [0.1, 0.15) is 54.7 Å². The average molecular weight is 583 g/mol. The van der Waals surface area contributed by atoms with Crippen molar-refractivity contribution in [1.82, 2.24) is 15.5 Å². The van der Waals surface area contributed by atoms with Crippen LogP contribution in [0.3, 0.4) is 0 Å². The largest absolute Gasteiger partial charge is 0.402 e. The topological polar surface area (TPSA) is 188 Å². The minimum Gasteiger partial charge on any atom is -0.402 e. The van der Waals surface area contributed by atoms with E-state index in [1.165, 1.54) is 24.0 Å². The standard InChI is InChI=1S/C21H31N7OS.C8H10O.CH5N/c1-25-18(24)10-9-17(23)7-2-3-8-20-27-28-21(30-20)26-19(29)14-16-6-4-5-15(13-16)11-12-22;9-7-6-8-4-2-1-3-5-8;1-2/h4-6,9-10,13,25H,2-3,7-8,11-12,14,22-24H2,1H3,(H,26,28,29);1-2,4,7H,3,5-6H2;2H2,1H3/b17-9-,18-10+;;. The van der Waals surface area contributed by atoms with Crippen molar-refractivity contribution in [1.29, 1.82) is 0 Å². The van der Waals surface area contributed by atoms with Gasteiger partial charge in [-0.1, -0.05) is 59.4 Å². The van der Waals surface area contributed by atoms with Gasteiger partial charge >= 0.3 is 0 Å². The number of nitrogens with two attached hydrogens (primary N) is 4. The summed E-state index contributed by atoms with van der Waals surface area (Å²) in [6, 6.07) is 7.92. The van der Waals surface area contributed by atoms with Crippen molar-refractivity contribution < 1.29 is 9.59 Å². The van der Waals surface area contributed by atoms with Gasteiger partial charge in [-0.2, -0.15) is 0 Å². The zero-order valence-electron chi connectivity index (χ0n) is 24.3. The fourth-order valence-corrected chi connectivity index (χ4v) is 4.51. The number of allylic oxidation sites excluding steroid dienone is 7. The van der Waals surface area contributed by atoms with Gasteiger partial charge in [0.2, 0.25) is 11.0 Å². The van der Waals surface area contributed by atoms with Crippen molar-refractivity contribution in [3.63, 3.8) is 0 Å². The molecule has 11 heteroatoms. The molecule has 2 aromatic rings. The van der Waals surface area contributed by atoms with Crippen LogP contribution in [-0.2, 0) is 28.9 Å². The van der Waals surface area contributed by atoms with E-state index in [2.05, 4.69) is 32.6 Å². The molecule has 10 nitrogen and oxygen atoms in total. The van der Waals surface area contributed by atoms with Crippen LogP contribution in [0.2, 0.25) is 0 Å². The Hall–Kier alpha value is -3.80. The van der Waals surface area contributed by atoms with Crippen LogP contribution in [0.25, 0.3) is 0 Å². The van der Waals surface area contributed by atoms with Crippen molar-refractivity contribution in [2.75, 3.05) is 26.0 Å². The number of aryl methyl sites for hydroxylation is 1. The first-order chi connectivity index (χ1) is 19.9. The van der Waals surface area contributed by atoms with Crippen LogP contribution in [0.5, 0.6) is 0 Å². The van der Waals surface area contributed by atoms with Crippen molar-refractivity contribution >= 4 is 28.7 Å². The first kappa shape index (κ1) is 35.2. The molecule has 0 unspecified atom stereocenters. The Balaban J connectivity index is 0.000000641. The van der Waals surface area contributed by atoms with Crippen LogP contribution in [0.15, 0.2) is 71.7 Å². The Morgan fingerprint density at radius 2 is 1.88 bits per heavy atom. The second-order valence-corrected chi connectivity index (χ2v) is 10.1. The SMILES string of the molecule is CN.CN/C(N)=C/C=C(\N)CCCCc1nnc(NC(=O)Cc2cccc(CCN)c2)s1.O=CCC1=CC=CCC1. The number of hydrogen-bond acceptors (Lipinski definition) is 10. The Kier molecular flexibility index (Phi) is 18.9. The van der Waals surface area contributed by atoms with Gasteiger partial charge in [0.25, 0.3) is 0 Å². The first-order valence-electron chi connectivity index (χ1n) is 13.8. The first-order valence-corrected chi connectivity index (χ1v) is 14.6. The molecule has 0 bridgehead atoms. The molecule has 0 spiro atoms. The predicted molar refractivity (Wildman–Crippen MR) is 170 cm³/mol. The molecule has 1 aromatic carbocycles. The number of aromatic nitrogens is 2. The van der Waals surface area contributed by atoms with Gasteiger partial charge in [-0.15, -0.1) is 10.2 Å². The van der Waals surface area contributed by atoms with E-state index in [-0.39, 0.29) is 5.91 Å². The molecule has 0 aliphatic heterocycles. The molecular weight excluding hydrogens is 536 g/mol. The number of aldehydes is 1. The summed E-state index contributed by atoms with van der Waals surface area (Å²) in [5, 5.41) is 15.3. The summed E-state index contributed by atoms with van der Waals surface area (Å²) in [7, 11) is 3.26. The maximum atomic E-state index is 12.3. The molecule has 0 radical (unpaired) electrons. The highest BCUT2D eigenvalue weighted by Gasteiger charge is 2.09. The monoisotopic (exact) mass is 582 g/mol. The summed E-state index contributed by atoms with van der Waals surface area (Å²) in [4.78, 5) is 22.3. The van der Waals surface area contributed by atoms with E-state index >= 15 is 0 Å². The molecule has 41 heavy (non-hydrogen) atoms. The van der Waals surface area contributed by atoms with Crippen molar-refractivity contribution in [2.24, 2.45) is 22.9 Å². The molecule has 1 aliphatic carbocycles. The molecule has 0 fully saturated rings. The third kappa shape index (κ3) is 16.2. The van der Waals surface area contributed by atoms with Crippen LogP contribution in [0.4, 0.5) is 5.13 Å². The highest BCUT2D eigenvalue weighted by molar-refractivity contribution is 7.15. The molecule has 0 saturated carbocycles. The van der Waals surface area contributed by atoms with Crippen LogP contribution in [-0.4, -0.2) is 43.0 Å². The van der Waals surface area contributed by atoms with Gasteiger partial charge in [0.15, 0.2) is 0 Å². The lowest BCUT2D eigenvalue weighted by Crippen LogP contribution is -2.14. The number of hydrogen-bond donors (Lipinski definition) is 6. The number of anilines is 1. The Morgan fingerprint density at radius 3 is 2.56 bits per heavy atom. The quantitative estimate of drug-likeness (QED) is 0.110. The van der Waals surface area contributed by atoms with Crippen molar-refractivity contribution in [3.05, 3.63) is 87.9 Å². The summed E-state index contributed by atoms with van der Waals surface area (Å²) in [5.74, 6) is 0.471. The molecule has 1 amide bonds. The van der Waals surface area contributed by atoms with E-state index in [1.54, 1.807) is 13.1 Å². The molecule has 1 heterocycles. The van der Waals surface area contributed by atoms with E-state index in [9.17, 15) is 9.59 Å². The highest BCUT2D eigenvalue weighted by Crippen LogP contribution is 2.18. The number of rotatable bonds is 14. The number of carbonyl (C=O) groups is 2. The van der Waals surface area contributed by atoms with Crippen LogP contribution < -0.4 is 33.6 Å². The van der Waals surface area contributed by atoms with Gasteiger partial charge in [-0.3, -0.25) is 4.79 Å². The minimum atomic E-state index is -0.102. The Morgan fingerprint density at radius 1 is 1.10 bits per heavy atom. The molecule has 0 saturated heterocycles. The Bertz CT molecular complexity index is 1170. The van der Waals surface area contributed by atoms with Gasteiger partial charge in [0.05, 0.1) is 12.2 Å². The number of benzene rings is 1. The molecule has 1 aromatic heterocycles. The zero-order chi connectivity index (χ0) is 30.3. The van der Waals surface area contributed by atoms with Gasteiger partial charge in [0.1, 0.15) is 11.3 Å². The number of carbonyl (C=O) groups excluding carboxylic acids is 2. The lowest BCUT2D eigenvalue weighted by molar-refractivity contribution is -0.115. The van der Waals surface area contributed by atoms with Crippen LogP contribution >= 0.6 is 11.3 Å². The summed E-state index contributed by atoms with van der Waals surface area (Å²) < 4.78 is 0. The second kappa shape index (κ2) is 22.0. The molecular formula is C30H46N8O2S. The second-order valence-electron chi connectivity index (χ2n) is 9.07. The third-order valence-corrected chi connectivity index (χ3v) is 6.72. The maximum Gasteiger partial charge on any atom is 0.230 e. The lowest BCUT2D eigenvalue weighted by Gasteiger charge is -2.04. The smallest absolute Gasteiger partial charge is 0.230 e. The van der Waals surface area contributed by atoms with E-state index in [1.807, 2.05) is 42.5 Å². The van der Waals surface area contributed by atoms with Gasteiger partial charge < -0.3 is 38.4 Å². The molecule has 224 valence electrons. The van der Waals surface area contributed by atoms with E-state index in [4.69, 9.17) is 17.2 Å². The average Bonchev–Trinajstić information content (AvgIpc) is 3.43. The number of nitrogens with zero attached hydrogens (tertiary/aromatic N) is 2. The summed E-state index contributed by atoms with van der Waals surface area (Å²) in [6.07, 6.45) is 18.0. The van der Waals surface area contributed by atoms with E-state index in [0.29, 0.717) is 30.3 Å². The summed E-state index contributed by atoms with van der Waals surface area (Å²) in [6.45, 7) is 0.591. The fraction of sp³-hybridized carbons (Fsp3) is 0.400. The molecule has 3 rings (SSSR count). The number of nitrogens with one attached hydrogen (secondary N) is 2. The Labute approximate surface area is 248 Å². The maximum absolute atomic E-state index is 12.3. The fourth-order valence-electron chi connectivity index (χ4n) is 3.71. The van der Waals surface area contributed by atoms with Gasteiger partial charge in [0, 0.05) is 25.6 Å². The molecule has 1 aliphatic rings. The summed E-state index contributed by atoms with van der Waals surface area (Å²) >= 11 is 1.41. The highest BCUT2D eigenvalue weighted by atomic mass is 32.1. The summed E-state index contributed by atoms with van der Waals surface area (Å²) in [5.41, 5.74) is 25.8. The predicted octanol–water partition coefficient (Wildman–Crippen LogP) is 3.22. The van der Waals surface area contributed by atoms with Crippen molar-refractivity contribution in [2.45, 2.75) is 57.8 Å². The van der Waals surface area contributed by atoms with E-state index < -0.39 is 0 Å². The molecule has 0 atom stereocenters. The van der Waals surface area contributed by atoms with Gasteiger partial charge in [-0.25, -0.2) is 0 Å². The normalized spacial score (nSPS) is 12.7. The molecule has 10 N–H and O–H groups in total. The lowest BCUT2D eigenvalue weighted by atomic mass is 10.0. The number of unbranched alkanes of at least 4 members (excludes halogenated alkanes) is 1. The van der Waals surface area contributed by atoms with Crippen LogP contribution in [0, 0.1) is 0 Å².